The molecule has 1 atom stereocenters. The fourth-order valence-corrected chi connectivity index (χ4v) is 2.17. The number of aliphatic hydroxyl groups is 1. The largest absolute Gasteiger partial charge is 0.393 e. The maximum Gasteiger partial charge on any atom is 0.111 e. The molecule has 0 saturated heterocycles. The molecule has 3 aromatic rings. The predicted molar refractivity (Wildman–Crippen MR) is 114 cm³/mol. The fourth-order valence-electron chi connectivity index (χ4n) is 2.17. The van der Waals surface area contributed by atoms with E-state index in [-0.39, 0.29) is 30.9 Å². The highest BCUT2D eigenvalue weighted by molar-refractivity contribution is 5.85. The number of halogens is 2. The Labute approximate surface area is 173 Å². The molecule has 0 radical (unpaired) electrons. The summed E-state index contributed by atoms with van der Waals surface area (Å²) in [5, 5.41) is 17.2. The van der Waals surface area contributed by atoms with Gasteiger partial charge in [-0.25, -0.2) is 0 Å². The van der Waals surface area contributed by atoms with Gasteiger partial charge in [-0.05, 0) is 49.2 Å². The summed E-state index contributed by atoms with van der Waals surface area (Å²) in [5.74, 6) is 0. The Hall–Kier alpha value is -2.08. The molecule has 0 aliphatic heterocycles. The van der Waals surface area contributed by atoms with Crippen LogP contribution in [0, 0.1) is 0 Å². The van der Waals surface area contributed by atoms with Crippen molar-refractivity contribution in [3.8, 4) is 22.8 Å². The molecule has 3 aromatic heterocycles. The van der Waals surface area contributed by atoms with E-state index in [0.717, 1.165) is 42.0 Å². The molecule has 1 N–H and O–H groups in total. The van der Waals surface area contributed by atoms with Crippen LogP contribution in [0.4, 0.5) is 0 Å². The highest BCUT2D eigenvalue weighted by atomic mass is 35.5. The Morgan fingerprint density at radius 2 is 1.22 bits per heavy atom. The molecular formula is C20H26Cl2N4O. The second kappa shape index (κ2) is 14.0. The molecule has 3 heterocycles. The van der Waals surface area contributed by atoms with Crippen LogP contribution in [0.3, 0.4) is 0 Å². The summed E-state index contributed by atoms with van der Waals surface area (Å²) in [4.78, 5) is 8.47. The van der Waals surface area contributed by atoms with Crippen molar-refractivity contribution in [3.63, 3.8) is 0 Å². The molecular weight excluding hydrogens is 383 g/mol. The fraction of sp³-hybridized carbons (Fsp3) is 0.300. The molecule has 0 aliphatic carbocycles. The van der Waals surface area contributed by atoms with Crippen molar-refractivity contribution in [2.75, 3.05) is 0 Å². The summed E-state index contributed by atoms with van der Waals surface area (Å²) in [6.45, 7) is 4.08. The zero-order valence-corrected chi connectivity index (χ0v) is 17.2. The van der Waals surface area contributed by atoms with Crippen molar-refractivity contribution >= 4 is 24.8 Å². The van der Waals surface area contributed by atoms with E-state index in [1.165, 1.54) is 0 Å². The molecule has 5 nitrogen and oxygen atoms in total. The molecule has 0 saturated carbocycles. The first-order valence-electron chi connectivity index (χ1n) is 8.59. The third-order valence-corrected chi connectivity index (χ3v) is 3.61. The molecule has 146 valence electrons. The van der Waals surface area contributed by atoms with Crippen LogP contribution < -0.4 is 0 Å². The molecule has 0 amide bonds. The molecule has 1 unspecified atom stereocenters. The van der Waals surface area contributed by atoms with Crippen LogP contribution in [0.25, 0.3) is 22.8 Å². The number of hydrogen-bond donors (Lipinski definition) is 1. The molecule has 0 bridgehead atoms. The summed E-state index contributed by atoms with van der Waals surface area (Å²) in [6.07, 6.45) is 6.37. The summed E-state index contributed by atoms with van der Waals surface area (Å²) < 4.78 is 0. The van der Waals surface area contributed by atoms with Gasteiger partial charge >= 0.3 is 0 Å². The summed E-state index contributed by atoms with van der Waals surface area (Å²) in [7, 11) is 0. The normalized spacial score (nSPS) is 10.5. The second-order valence-electron chi connectivity index (χ2n) is 5.58. The maximum absolute atomic E-state index is 8.86. The quantitative estimate of drug-likeness (QED) is 0.642. The monoisotopic (exact) mass is 408 g/mol. The first kappa shape index (κ1) is 24.9. The summed E-state index contributed by atoms with van der Waals surface area (Å²) >= 11 is 0. The van der Waals surface area contributed by atoms with Gasteiger partial charge in [0.25, 0.3) is 0 Å². The average molecular weight is 409 g/mol. The first-order chi connectivity index (χ1) is 12.2. The Morgan fingerprint density at radius 1 is 0.741 bits per heavy atom. The van der Waals surface area contributed by atoms with Crippen LogP contribution >= 0.6 is 24.8 Å². The van der Waals surface area contributed by atoms with Crippen molar-refractivity contribution < 1.29 is 5.11 Å². The zero-order valence-electron chi connectivity index (χ0n) is 15.5. The topological polar surface area (TPSA) is 71.8 Å². The van der Waals surface area contributed by atoms with Gasteiger partial charge in [-0.15, -0.1) is 35.0 Å². The van der Waals surface area contributed by atoms with E-state index in [4.69, 9.17) is 5.11 Å². The summed E-state index contributed by atoms with van der Waals surface area (Å²) in [6, 6.07) is 15.2. The van der Waals surface area contributed by atoms with Gasteiger partial charge in [-0.1, -0.05) is 32.4 Å². The van der Waals surface area contributed by atoms with Crippen LogP contribution in [0.2, 0.25) is 0 Å². The van der Waals surface area contributed by atoms with E-state index in [1.807, 2.05) is 55.5 Å². The molecule has 0 spiro atoms. The third kappa shape index (κ3) is 8.43. The SMILES string of the molecule is CCCC(O)CC.Cl.Cl.c1ccc(-c2ccc(-c3ccccn3)nn2)nc1. The minimum atomic E-state index is -0.0509. The Bertz CT molecular complexity index is 669. The molecule has 7 heteroatoms. The minimum Gasteiger partial charge on any atom is -0.393 e. The van der Waals surface area contributed by atoms with Gasteiger partial charge in [0.05, 0.1) is 17.5 Å². The number of aromatic nitrogens is 4. The van der Waals surface area contributed by atoms with Crippen LogP contribution in [0.5, 0.6) is 0 Å². The van der Waals surface area contributed by atoms with Crippen LogP contribution in [0.15, 0.2) is 60.9 Å². The lowest BCUT2D eigenvalue weighted by Gasteiger charge is -2.01. The number of nitrogens with zero attached hydrogens (tertiary/aromatic N) is 4. The molecule has 0 aliphatic rings. The van der Waals surface area contributed by atoms with Gasteiger partial charge < -0.3 is 5.11 Å². The maximum atomic E-state index is 8.86. The zero-order chi connectivity index (χ0) is 17.9. The number of pyridine rings is 2. The van der Waals surface area contributed by atoms with E-state index < -0.39 is 0 Å². The lowest BCUT2D eigenvalue weighted by atomic mass is 10.2. The van der Waals surface area contributed by atoms with Crippen molar-refractivity contribution in [1.82, 2.24) is 20.2 Å². The lowest BCUT2D eigenvalue weighted by molar-refractivity contribution is 0.159. The van der Waals surface area contributed by atoms with E-state index in [9.17, 15) is 0 Å². The highest BCUT2D eigenvalue weighted by Gasteiger charge is 2.03. The van der Waals surface area contributed by atoms with Crippen molar-refractivity contribution in [3.05, 3.63) is 60.9 Å². The standard InChI is InChI=1S/C14H10N4.C6H14O.2ClH/c1-3-9-15-11(5-1)13-7-8-14(18-17-13)12-6-2-4-10-16-12;1-3-5-6(7)4-2;;/h1-10H;6-7H,3-5H2,1-2H3;2*1H. The van der Waals surface area contributed by atoms with Crippen LogP contribution in [0.1, 0.15) is 33.1 Å². The molecule has 0 fully saturated rings. The van der Waals surface area contributed by atoms with Gasteiger partial charge in [0.2, 0.25) is 0 Å². The molecule has 0 aromatic carbocycles. The summed E-state index contributed by atoms with van der Waals surface area (Å²) in [5.41, 5.74) is 3.15. The Morgan fingerprint density at radius 3 is 1.48 bits per heavy atom. The third-order valence-electron chi connectivity index (χ3n) is 3.61. The average Bonchev–Trinajstić information content (AvgIpc) is 2.70. The van der Waals surface area contributed by atoms with Gasteiger partial charge in [-0.3, -0.25) is 9.97 Å². The van der Waals surface area contributed by atoms with E-state index in [2.05, 4.69) is 27.1 Å². The van der Waals surface area contributed by atoms with Crippen molar-refractivity contribution in [2.24, 2.45) is 0 Å². The Balaban J connectivity index is 0.000000656. The smallest absolute Gasteiger partial charge is 0.111 e. The molecule has 3 rings (SSSR count). The lowest BCUT2D eigenvalue weighted by Crippen LogP contribution is -2.01. The first-order valence-corrected chi connectivity index (χ1v) is 8.59. The van der Waals surface area contributed by atoms with Gasteiger partial charge in [-0.2, -0.15) is 0 Å². The van der Waals surface area contributed by atoms with Gasteiger partial charge in [0.15, 0.2) is 0 Å². The molecule has 27 heavy (non-hydrogen) atoms. The predicted octanol–water partition coefficient (Wildman–Crippen LogP) is 5.00. The van der Waals surface area contributed by atoms with E-state index in [0.29, 0.717) is 0 Å². The Kier molecular flexibility index (Phi) is 13.0. The minimum absolute atomic E-state index is 0. The van der Waals surface area contributed by atoms with Crippen LogP contribution in [-0.2, 0) is 0 Å². The van der Waals surface area contributed by atoms with Gasteiger partial charge in [0.1, 0.15) is 11.4 Å². The second-order valence-corrected chi connectivity index (χ2v) is 5.58. The number of rotatable bonds is 5. The van der Waals surface area contributed by atoms with Crippen molar-refractivity contribution in [1.29, 1.82) is 0 Å². The van der Waals surface area contributed by atoms with E-state index in [1.54, 1.807) is 12.4 Å². The number of aliphatic hydroxyl groups excluding tert-OH is 1. The van der Waals surface area contributed by atoms with Gasteiger partial charge in [0, 0.05) is 12.4 Å². The van der Waals surface area contributed by atoms with Crippen LogP contribution in [-0.4, -0.2) is 31.4 Å². The van der Waals surface area contributed by atoms with Crippen molar-refractivity contribution in [2.45, 2.75) is 39.2 Å². The number of hydrogen-bond acceptors (Lipinski definition) is 5. The highest BCUT2D eigenvalue weighted by Crippen LogP contribution is 2.16. The van der Waals surface area contributed by atoms with E-state index >= 15 is 0 Å².